The Labute approximate surface area is 156 Å². The van der Waals surface area contributed by atoms with E-state index in [1.165, 1.54) is 0 Å². The van der Waals surface area contributed by atoms with Crippen LogP contribution in [0.15, 0.2) is 55.0 Å². The van der Waals surface area contributed by atoms with Crippen LogP contribution in [0.25, 0.3) is 0 Å². The monoisotopic (exact) mass is 374 g/mol. The fourth-order valence-corrected chi connectivity index (χ4v) is 2.76. The van der Waals surface area contributed by atoms with Crippen molar-refractivity contribution in [3.8, 4) is 0 Å². The number of rotatable bonds is 7. The van der Waals surface area contributed by atoms with Crippen molar-refractivity contribution in [1.82, 2.24) is 24.9 Å². The minimum absolute atomic E-state index is 0.559. The molecule has 0 bridgehead atoms. The highest BCUT2D eigenvalue weighted by Crippen LogP contribution is 2.16. The Hall–Kier alpha value is -2.38. The molecular weight excluding hydrogens is 356 g/mol. The van der Waals surface area contributed by atoms with Crippen LogP contribution in [0, 0.1) is 0 Å². The Morgan fingerprint density at radius 2 is 2.00 bits per heavy atom. The van der Waals surface area contributed by atoms with Gasteiger partial charge in [-0.2, -0.15) is 10.2 Å². The summed E-state index contributed by atoms with van der Waals surface area (Å²) in [6.07, 6.45) is 6.55. The summed E-state index contributed by atoms with van der Waals surface area (Å²) >= 11 is 11.5. The molecule has 1 aromatic carbocycles. The number of aromatic nitrogens is 4. The molecule has 25 heavy (non-hydrogen) atoms. The zero-order valence-electron chi connectivity index (χ0n) is 13.6. The van der Waals surface area contributed by atoms with Gasteiger partial charge in [0, 0.05) is 42.8 Å². The van der Waals surface area contributed by atoms with E-state index in [2.05, 4.69) is 20.8 Å². The second-order valence-electron chi connectivity index (χ2n) is 5.49. The van der Waals surface area contributed by atoms with E-state index in [0.29, 0.717) is 17.5 Å². The molecule has 8 heteroatoms. The van der Waals surface area contributed by atoms with E-state index >= 15 is 0 Å². The Bertz CT molecular complexity index is 814. The summed E-state index contributed by atoms with van der Waals surface area (Å²) < 4.78 is 3.72. The van der Waals surface area contributed by atoms with Gasteiger partial charge in [0.25, 0.3) is 0 Å². The number of anilines is 1. The summed E-state index contributed by atoms with van der Waals surface area (Å²) in [7, 11) is 0. The van der Waals surface area contributed by atoms with Gasteiger partial charge in [0.2, 0.25) is 0 Å². The lowest BCUT2D eigenvalue weighted by Gasteiger charge is -2.08. The van der Waals surface area contributed by atoms with Gasteiger partial charge < -0.3 is 10.6 Å². The molecule has 0 fully saturated rings. The number of thiocarbonyl (C=S) groups is 1. The fourth-order valence-electron chi connectivity index (χ4n) is 2.35. The first-order valence-electron chi connectivity index (χ1n) is 8.00. The van der Waals surface area contributed by atoms with Crippen LogP contribution in [0.1, 0.15) is 12.0 Å². The van der Waals surface area contributed by atoms with Crippen molar-refractivity contribution >= 4 is 34.7 Å². The van der Waals surface area contributed by atoms with Crippen LogP contribution in [0.5, 0.6) is 0 Å². The third-order valence-electron chi connectivity index (χ3n) is 3.58. The van der Waals surface area contributed by atoms with Crippen LogP contribution in [0.2, 0.25) is 5.02 Å². The summed E-state index contributed by atoms with van der Waals surface area (Å²) in [5, 5.41) is 16.2. The third-order valence-corrected chi connectivity index (χ3v) is 4.20. The van der Waals surface area contributed by atoms with Crippen LogP contribution in [0.3, 0.4) is 0 Å². The molecule has 0 saturated heterocycles. The molecular formula is C17H19ClN6S. The predicted molar refractivity (Wildman–Crippen MR) is 104 cm³/mol. The summed E-state index contributed by atoms with van der Waals surface area (Å²) in [6, 6.07) is 11.5. The van der Waals surface area contributed by atoms with Gasteiger partial charge in [0.05, 0.1) is 6.54 Å². The number of benzene rings is 1. The van der Waals surface area contributed by atoms with Gasteiger partial charge in [0.1, 0.15) is 0 Å². The van der Waals surface area contributed by atoms with E-state index in [1.807, 2.05) is 58.2 Å². The lowest BCUT2D eigenvalue weighted by molar-refractivity contribution is 0.574. The van der Waals surface area contributed by atoms with E-state index in [1.54, 1.807) is 6.20 Å². The summed E-state index contributed by atoms with van der Waals surface area (Å²) in [5.41, 5.74) is 1.03. The summed E-state index contributed by atoms with van der Waals surface area (Å²) in [5.74, 6) is 0.705. The Morgan fingerprint density at radius 3 is 2.80 bits per heavy atom. The molecule has 2 N–H and O–H groups in total. The molecule has 0 aliphatic carbocycles. The molecule has 3 rings (SSSR count). The van der Waals surface area contributed by atoms with Crippen molar-refractivity contribution < 1.29 is 0 Å². The number of hydrogen-bond acceptors (Lipinski definition) is 3. The van der Waals surface area contributed by atoms with Gasteiger partial charge in [-0.1, -0.05) is 29.8 Å². The predicted octanol–water partition coefficient (Wildman–Crippen LogP) is 3.16. The minimum atomic E-state index is 0.559. The SMILES string of the molecule is S=C(NCCCn1cccn1)Nc1ccn(Cc2ccccc2Cl)n1. The quantitative estimate of drug-likeness (QED) is 0.491. The van der Waals surface area contributed by atoms with Gasteiger partial charge in [0.15, 0.2) is 10.9 Å². The number of halogens is 1. The lowest BCUT2D eigenvalue weighted by atomic mass is 10.2. The van der Waals surface area contributed by atoms with Crippen LogP contribution >= 0.6 is 23.8 Å². The molecule has 0 spiro atoms. The maximum Gasteiger partial charge on any atom is 0.171 e. The molecule has 0 aliphatic heterocycles. The second-order valence-corrected chi connectivity index (χ2v) is 6.31. The zero-order chi connectivity index (χ0) is 17.5. The molecule has 130 valence electrons. The second kappa shape index (κ2) is 8.64. The number of nitrogens with one attached hydrogen (secondary N) is 2. The van der Waals surface area contributed by atoms with Gasteiger partial charge >= 0.3 is 0 Å². The zero-order valence-corrected chi connectivity index (χ0v) is 15.2. The van der Waals surface area contributed by atoms with E-state index < -0.39 is 0 Å². The highest BCUT2D eigenvalue weighted by atomic mass is 35.5. The molecule has 3 aromatic rings. The smallest absolute Gasteiger partial charge is 0.171 e. The van der Waals surface area contributed by atoms with Crippen molar-refractivity contribution in [3.05, 3.63) is 65.6 Å². The average molecular weight is 375 g/mol. The van der Waals surface area contributed by atoms with Gasteiger partial charge in [-0.3, -0.25) is 9.36 Å². The van der Waals surface area contributed by atoms with Gasteiger partial charge in [-0.25, -0.2) is 0 Å². The topological polar surface area (TPSA) is 59.7 Å². The van der Waals surface area contributed by atoms with Gasteiger partial charge in [-0.05, 0) is 36.3 Å². The highest BCUT2D eigenvalue weighted by Gasteiger charge is 2.04. The minimum Gasteiger partial charge on any atom is -0.362 e. The molecule has 0 atom stereocenters. The van der Waals surface area contributed by atoms with Crippen molar-refractivity contribution in [3.63, 3.8) is 0 Å². The van der Waals surface area contributed by atoms with Crippen molar-refractivity contribution in [1.29, 1.82) is 0 Å². The molecule has 2 heterocycles. The first kappa shape index (κ1) is 17.4. The molecule has 2 aromatic heterocycles. The third kappa shape index (κ3) is 5.30. The summed E-state index contributed by atoms with van der Waals surface area (Å²) in [4.78, 5) is 0. The molecule has 0 unspecified atom stereocenters. The van der Waals surface area contributed by atoms with Crippen LogP contribution in [0.4, 0.5) is 5.82 Å². The molecule has 0 amide bonds. The van der Waals surface area contributed by atoms with E-state index in [0.717, 1.165) is 30.1 Å². The van der Waals surface area contributed by atoms with Crippen molar-refractivity contribution in [2.24, 2.45) is 0 Å². The Morgan fingerprint density at radius 1 is 1.12 bits per heavy atom. The fraction of sp³-hybridized carbons (Fsp3) is 0.235. The molecule has 0 aliphatic rings. The van der Waals surface area contributed by atoms with E-state index in [9.17, 15) is 0 Å². The van der Waals surface area contributed by atoms with Crippen molar-refractivity contribution in [2.45, 2.75) is 19.5 Å². The lowest BCUT2D eigenvalue weighted by Crippen LogP contribution is -2.30. The number of hydrogen-bond donors (Lipinski definition) is 2. The Balaban J connectivity index is 1.43. The largest absolute Gasteiger partial charge is 0.362 e. The standard InChI is InChI=1S/C17H19ClN6S/c18-15-6-2-1-5-14(15)13-24-12-7-16(22-24)21-17(25)19-8-3-10-23-11-4-9-20-23/h1-2,4-7,9,11-12H,3,8,10,13H2,(H2,19,21,22,25). The van der Waals surface area contributed by atoms with Crippen molar-refractivity contribution in [2.75, 3.05) is 11.9 Å². The molecule has 0 radical (unpaired) electrons. The Kier molecular flexibility index (Phi) is 6.03. The normalized spacial score (nSPS) is 10.6. The molecule has 6 nitrogen and oxygen atoms in total. The summed E-state index contributed by atoms with van der Waals surface area (Å²) in [6.45, 7) is 2.24. The number of aryl methyl sites for hydroxylation is 1. The first-order valence-corrected chi connectivity index (χ1v) is 8.78. The van der Waals surface area contributed by atoms with Crippen LogP contribution in [-0.2, 0) is 13.1 Å². The van der Waals surface area contributed by atoms with Crippen LogP contribution in [-0.4, -0.2) is 31.2 Å². The maximum absolute atomic E-state index is 6.18. The highest BCUT2D eigenvalue weighted by molar-refractivity contribution is 7.80. The van der Waals surface area contributed by atoms with E-state index in [-0.39, 0.29) is 0 Å². The number of nitrogens with zero attached hydrogens (tertiary/aromatic N) is 4. The first-order chi connectivity index (χ1) is 12.2. The van der Waals surface area contributed by atoms with Gasteiger partial charge in [-0.15, -0.1) is 0 Å². The molecule has 0 saturated carbocycles. The maximum atomic E-state index is 6.18. The van der Waals surface area contributed by atoms with E-state index in [4.69, 9.17) is 23.8 Å². The average Bonchev–Trinajstić information content (AvgIpc) is 3.26. The van der Waals surface area contributed by atoms with Crippen LogP contribution < -0.4 is 10.6 Å².